The fraction of sp³-hybridized carbons (Fsp3) is 0.529. The van der Waals surface area contributed by atoms with Gasteiger partial charge >= 0.3 is 5.97 Å². The first-order chi connectivity index (χ1) is 10.9. The summed E-state index contributed by atoms with van der Waals surface area (Å²) < 4.78 is 10.9. The van der Waals surface area contributed by atoms with Gasteiger partial charge in [-0.1, -0.05) is 13.8 Å². The maximum absolute atomic E-state index is 12.2. The van der Waals surface area contributed by atoms with E-state index in [2.05, 4.69) is 29.8 Å². The zero-order valence-corrected chi connectivity index (χ0v) is 15.3. The summed E-state index contributed by atoms with van der Waals surface area (Å²) in [5, 5.41) is 0. The molecule has 1 aliphatic heterocycles. The summed E-state index contributed by atoms with van der Waals surface area (Å²) in [5.41, 5.74) is 0.380. The van der Waals surface area contributed by atoms with E-state index in [1.54, 1.807) is 30.2 Å². The van der Waals surface area contributed by atoms with Crippen LogP contribution in [-0.4, -0.2) is 43.6 Å². The van der Waals surface area contributed by atoms with Crippen LogP contribution >= 0.6 is 15.9 Å². The standard InChI is InChI=1S/C17H22BrNO4/c1-11-6-12(2)9-19(8-11)16(20)10-23-17(21)13-4-5-15(22-3)14(18)7-13/h4-5,7,11-12H,6,8-10H2,1-3H3/t11-,12-/m0/s1. The number of rotatable bonds is 4. The van der Waals surface area contributed by atoms with E-state index in [0.717, 1.165) is 19.5 Å². The van der Waals surface area contributed by atoms with E-state index in [4.69, 9.17) is 9.47 Å². The highest BCUT2D eigenvalue weighted by atomic mass is 79.9. The van der Waals surface area contributed by atoms with Crippen molar-refractivity contribution >= 4 is 27.8 Å². The lowest BCUT2D eigenvalue weighted by Gasteiger charge is -2.34. The molecule has 1 aromatic carbocycles. The van der Waals surface area contributed by atoms with E-state index >= 15 is 0 Å². The Morgan fingerprint density at radius 1 is 1.26 bits per heavy atom. The van der Waals surface area contributed by atoms with Gasteiger partial charge in [0, 0.05) is 13.1 Å². The van der Waals surface area contributed by atoms with Gasteiger partial charge in [0.15, 0.2) is 6.61 Å². The first-order valence-corrected chi connectivity index (χ1v) is 8.48. The van der Waals surface area contributed by atoms with E-state index in [0.29, 0.717) is 27.6 Å². The van der Waals surface area contributed by atoms with Crippen molar-refractivity contribution in [3.8, 4) is 5.75 Å². The lowest BCUT2D eigenvalue weighted by atomic mass is 9.92. The number of piperidine rings is 1. The Labute approximate surface area is 145 Å². The monoisotopic (exact) mass is 383 g/mol. The van der Waals surface area contributed by atoms with Gasteiger partial charge in [-0.05, 0) is 52.4 Å². The molecule has 0 aromatic heterocycles. The van der Waals surface area contributed by atoms with Gasteiger partial charge in [-0.25, -0.2) is 4.79 Å². The van der Waals surface area contributed by atoms with E-state index in [9.17, 15) is 9.59 Å². The third-order valence-electron chi connectivity index (χ3n) is 3.94. The molecule has 0 unspecified atom stereocenters. The molecule has 5 nitrogen and oxygen atoms in total. The van der Waals surface area contributed by atoms with Crippen molar-refractivity contribution in [3.63, 3.8) is 0 Å². The van der Waals surface area contributed by atoms with Crippen LogP contribution in [-0.2, 0) is 9.53 Å². The fourth-order valence-electron chi connectivity index (χ4n) is 2.96. The number of amides is 1. The van der Waals surface area contributed by atoms with Gasteiger partial charge in [-0.15, -0.1) is 0 Å². The Morgan fingerprint density at radius 2 is 1.91 bits per heavy atom. The second-order valence-corrected chi connectivity index (χ2v) is 7.02. The molecule has 1 aliphatic rings. The number of nitrogens with zero attached hydrogens (tertiary/aromatic N) is 1. The van der Waals surface area contributed by atoms with Crippen molar-refractivity contribution in [1.29, 1.82) is 0 Å². The Morgan fingerprint density at radius 3 is 2.48 bits per heavy atom. The summed E-state index contributed by atoms with van der Waals surface area (Å²) in [4.78, 5) is 26.1. The minimum atomic E-state index is -0.514. The zero-order valence-electron chi connectivity index (χ0n) is 13.7. The lowest BCUT2D eigenvalue weighted by molar-refractivity contribution is -0.137. The number of benzene rings is 1. The third kappa shape index (κ3) is 4.70. The number of halogens is 1. The van der Waals surface area contributed by atoms with E-state index in [1.165, 1.54) is 0 Å². The summed E-state index contributed by atoms with van der Waals surface area (Å²) in [6.07, 6.45) is 1.13. The molecular weight excluding hydrogens is 362 g/mol. The topological polar surface area (TPSA) is 55.8 Å². The highest BCUT2D eigenvalue weighted by Crippen LogP contribution is 2.26. The van der Waals surface area contributed by atoms with E-state index in [-0.39, 0.29) is 12.5 Å². The number of methoxy groups -OCH3 is 1. The van der Waals surface area contributed by atoms with Gasteiger partial charge in [0.05, 0.1) is 17.1 Å². The van der Waals surface area contributed by atoms with Crippen LogP contribution < -0.4 is 4.74 Å². The Kier molecular flexibility index (Phi) is 6.04. The molecule has 23 heavy (non-hydrogen) atoms. The second-order valence-electron chi connectivity index (χ2n) is 6.17. The third-order valence-corrected chi connectivity index (χ3v) is 4.56. The van der Waals surface area contributed by atoms with Crippen LogP contribution in [0, 0.1) is 11.8 Å². The molecule has 1 fully saturated rings. The van der Waals surface area contributed by atoms with E-state index in [1.807, 2.05) is 0 Å². The number of likely N-dealkylation sites (tertiary alicyclic amines) is 1. The van der Waals surface area contributed by atoms with Crippen molar-refractivity contribution in [2.75, 3.05) is 26.8 Å². The van der Waals surface area contributed by atoms with Gasteiger partial charge < -0.3 is 14.4 Å². The number of carbonyl (C=O) groups is 2. The molecule has 0 spiro atoms. The van der Waals surface area contributed by atoms with Crippen LogP contribution in [0.25, 0.3) is 0 Å². The molecule has 126 valence electrons. The molecule has 0 bridgehead atoms. The molecule has 0 radical (unpaired) electrons. The number of hydrogen-bond donors (Lipinski definition) is 0. The summed E-state index contributed by atoms with van der Waals surface area (Å²) in [6, 6.07) is 4.91. The fourth-order valence-corrected chi connectivity index (χ4v) is 3.50. The summed E-state index contributed by atoms with van der Waals surface area (Å²) in [6.45, 7) is 5.51. The number of esters is 1. The molecular formula is C17H22BrNO4. The molecule has 1 aromatic rings. The number of carbonyl (C=O) groups excluding carboxylic acids is 2. The minimum Gasteiger partial charge on any atom is -0.496 e. The van der Waals surface area contributed by atoms with Gasteiger partial charge in [0.25, 0.3) is 5.91 Å². The second kappa shape index (κ2) is 7.81. The minimum absolute atomic E-state index is 0.135. The maximum atomic E-state index is 12.2. The van der Waals surface area contributed by atoms with Crippen LogP contribution in [0.3, 0.4) is 0 Å². The predicted molar refractivity (Wildman–Crippen MR) is 90.5 cm³/mol. The first-order valence-electron chi connectivity index (χ1n) is 7.69. The average Bonchev–Trinajstić information content (AvgIpc) is 2.51. The molecule has 2 rings (SSSR count). The highest BCUT2D eigenvalue weighted by molar-refractivity contribution is 9.10. The zero-order chi connectivity index (χ0) is 17.0. The van der Waals surface area contributed by atoms with Gasteiger partial charge in [0.2, 0.25) is 0 Å². The average molecular weight is 384 g/mol. The van der Waals surface area contributed by atoms with Crippen LogP contribution in [0.4, 0.5) is 0 Å². The Bertz CT molecular complexity index is 580. The van der Waals surface area contributed by atoms with Gasteiger partial charge in [-0.3, -0.25) is 4.79 Å². The van der Waals surface area contributed by atoms with Crippen molar-refractivity contribution in [1.82, 2.24) is 4.90 Å². The van der Waals surface area contributed by atoms with Crippen molar-refractivity contribution in [2.45, 2.75) is 20.3 Å². The molecule has 1 heterocycles. The molecule has 2 atom stereocenters. The van der Waals surface area contributed by atoms with Crippen molar-refractivity contribution in [3.05, 3.63) is 28.2 Å². The van der Waals surface area contributed by atoms with Crippen LogP contribution in [0.5, 0.6) is 5.75 Å². The SMILES string of the molecule is COc1ccc(C(=O)OCC(=O)N2C[C@@H](C)C[C@H](C)C2)cc1Br. The maximum Gasteiger partial charge on any atom is 0.338 e. The Hall–Kier alpha value is -1.56. The molecule has 1 amide bonds. The normalized spacial score (nSPS) is 21.0. The predicted octanol–water partition coefficient (Wildman–Crippen LogP) is 3.12. The number of hydrogen-bond acceptors (Lipinski definition) is 4. The lowest BCUT2D eigenvalue weighted by Crippen LogP contribution is -2.44. The Balaban J connectivity index is 1.91. The van der Waals surface area contributed by atoms with E-state index < -0.39 is 5.97 Å². The molecule has 0 aliphatic carbocycles. The highest BCUT2D eigenvalue weighted by Gasteiger charge is 2.26. The quantitative estimate of drug-likeness (QED) is 0.749. The van der Waals surface area contributed by atoms with Gasteiger partial charge in [0.1, 0.15) is 5.75 Å². The molecule has 0 saturated carbocycles. The van der Waals surface area contributed by atoms with Gasteiger partial charge in [-0.2, -0.15) is 0 Å². The van der Waals surface area contributed by atoms with Crippen LogP contribution in [0.1, 0.15) is 30.6 Å². The summed E-state index contributed by atoms with van der Waals surface area (Å²) in [7, 11) is 1.55. The summed E-state index contributed by atoms with van der Waals surface area (Å²) >= 11 is 3.32. The molecule has 1 saturated heterocycles. The largest absolute Gasteiger partial charge is 0.496 e. The summed E-state index contributed by atoms with van der Waals surface area (Å²) in [5.74, 6) is 0.949. The van der Waals surface area contributed by atoms with Crippen LogP contribution in [0.2, 0.25) is 0 Å². The van der Waals surface area contributed by atoms with Crippen molar-refractivity contribution in [2.24, 2.45) is 11.8 Å². The molecule has 0 N–H and O–H groups in total. The van der Waals surface area contributed by atoms with Crippen LogP contribution in [0.15, 0.2) is 22.7 Å². The van der Waals surface area contributed by atoms with Crippen molar-refractivity contribution < 1.29 is 19.1 Å². The smallest absolute Gasteiger partial charge is 0.338 e. The molecule has 6 heteroatoms. The first kappa shape index (κ1) is 17.8. The number of ether oxygens (including phenoxy) is 2.